The third-order valence-electron chi connectivity index (χ3n) is 4.09. The predicted molar refractivity (Wildman–Crippen MR) is 87.6 cm³/mol. The Morgan fingerprint density at radius 2 is 2.00 bits per heavy atom. The molecule has 21 heavy (non-hydrogen) atoms. The predicted octanol–water partition coefficient (Wildman–Crippen LogP) is 3.47. The Bertz CT molecular complexity index is 540. The zero-order valence-corrected chi connectivity index (χ0v) is 14.2. The molecule has 0 aromatic heterocycles. The number of amides is 1. The fraction of sp³-hybridized carbons (Fsp3) is 0.588. The number of carbonyl (C=O) groups excluding carboxylic acids is 1. The minimum atomic E-state index is -0.235. The van der Waals surface area contributed by atoms with Crippen molar-refractivity contribution in [2.75, 3.05) is 0 Å². The highest BCUT2D eigenvalue weighted by Gasteiger charge is 2.40. The lowest BCUT2D eigenvalue weighted by Gasteiger charge is -2.31. The molecule has 2 atom stereocenters. The molecule has 0 fully saturated rings. The van der Waals surface area contributed by atoms with Crippen LogP contribution in [-0.4, -0.2) is 18.0 Å². The highest BCUT2D eigenvalue weighted by atomic mass is 35.5. The van der Waals surface area contributed by atoms with Gasteiger partial charge in [-0.05, 0) is 55.9 Å². The number of benzene rings is 1. The van der Waals surface area contributed by atoms with E-state index in [4.69, 9.17) is 11.6 Å². The van der Waals surface area contributed by atoms with Crippen molar-refractivity contribution < 1.29 is 4.79 Å². The quantitative estimate of drug-likeness (QED) is 0.894. The summed E-state index contributed by atoms with van der Waals surface area (Å²) in [7, 11) is 0. The van der Waals surface area contributed by atoms with Crippen LogP contribution in [0, 0.1) is 5.41 Å². The Kier molecular flexibility index (Phi) is 4.64. The van der Waals surface area contributed by atoms with E-state index >= 15 is 0 Å². The Balaban J connectivity index is 2.19. The van der Waals surface area contributed by atoms with E-state index in [9.17, 15) is 4.79 Å². The normalized spacial score (nSPS) is 21.2. The van der Waals surface area contributed by atoms with E-state index in [1.54, 1.807) is 0 Å². The zero-order valence-electron chi connectivity index (χ0n) is 13.5. The molecule has 1 aromatic carbocycles. The largest absolute Gasteiger partial charge is 0.353 e. The molecule has 3 nitrogen and oxygen atoms in total. The topological polar surface area (TPSA) is 41.1 Å². The standard InChI is InChI=1S/C17H25ClN2O/c1-10(2)19-16(21)11(3)20-15-14-8-13(18)7-6-12(14)9-17(15,4)5/h6-8,10-11,15,20H,9H2,1-5H3,(H,19,21). The maximum absolute atomic E-state index is 12.1. The van der Waals surface area contributed by atoms with Gasteiger partial charge in [-0.2, -0.15) is 0 Å². The van der Waals surface area contributed by atoms with E-state index in [0.717, 1.165) is 11.4 Å². The molecule has 0 aliphatic heterocycles. The number of halogens is 1. The summed E-state index contributed by atoms with van der Waals surface area (Å²) < 4.78 is 0. The molecule has 0 spiro atoms. The van der Waals surface area contributed by atoms with Crippen LogP contribution >= 0.6 is 11.6 Å². The molecule has 0 radical (unpaired) electrons. The van der Waals surface area contributed by atoms with Gasteiger partial charge in [0.2, 0.25) is 5.91 Å². The van der Waals surface area contributed by atoms with E-state index in [0.29, 0.717) is 0 Å². The summed E-state index contributed by atoms with van der Waals surface area (Å²) in [4.78, 5) is 12.1. The Hall–Kier alpha value is -1.06. The lowest BCUT2D eigenvalue weighted by atomic mass is 9.85. The van der Waals surface area contributed by atoms with Crippen molar-refractivity contribution in [3.8, 4) is 0 Å². The van der Waals surface area contributed by atoms with Crippen molar-refractivity contribution >= 4 is 17.5 Å². The van der Waals surface area contributed by atoms with E-state index in [-0.39, 0.29) is 29.4 Å². The number of nitrogens with one attached hydrogen (secondary N) is 2. The minimum Gasteiger partial charge on any atom is -0.353 e. The molecule has 116 valence electrons. The first-order valence-electron chi connectivity index (χ1n) is 7.55. The van der Waals surface area contributed by atoms with Crippen LogP contribution in [0.25, 0.3) is 0 Å². The zero-order chi connectivity index (χ0) is 15.8. The molecular weight excluding hydrogens is 284 g/mol. The number of rotatable bonds is 4. The highest BCUT2D eigenvalue weighted by Crippen LogP contribution is 2.46. The maximum Gasteiger partial charge on any atom is 0.237 e. The van der Waals surface area contributed by atoms with Crippen LogP contribution in [0.3, 0.4) is 0 Å². The van der Waals surface area contributed by atoms with Gasteiger partial charge in [0, 0.05) is 17.1 Å². The number of fused-ring (bicyclic) bond motifs is 1. The summed E-state index contributed by atoms with van der Waals surface area (Å²) >= 11 is 6.14. The van der Waals surface area contributed by atoms with Crippen LogP contribution in [0.2, 0.25) is 5.02 Å². The molecule has 0 saturated heterocycles. The van der Waals surface area contributed by atoms with E-state index in [2.05, 4.69) is 30.5 Å². The first kappa shape index (κ1) is 16.3. The molecule has 2 N–H and O–H groups in total. The van der Waals surface area contributed by atoms with Crippen molar-refractivity contribution in [2.45, 2.75) is 59.2 Å². The van der Waals surface area contributed by atoms with Gasteiger partial charge in [-0.15, -0.1) is 0 Å². The van der Waals surface area contributed by atoms with Gasteiger partial charge < -0.3 is 5.32 Å². The first-order valence-corrected chi connectivity index (χ1v) is 7.93. The van der Waals surface area contributed by atoms with Crippen LogP contribution < -0.4 is 10.6 Å². The Morgan fingerprint density at radius 3 is 2.62 bits per heavy atom. The third kappa shape index (κ3) is 3.58. The van der Waals surface area contributed by atoms with Crippen molar-refractivity contribution in [1.29, 1.82) is 0 Å². The third-order valence-corrected chi connectivity index (χ3v) is 4.32. The van der Waals surface area contributed by atoms with Gasteiger partial charge in [0.1, 0.15) is 0 Å². The second-order valence-electron chi connectivity index (χ2n) is 6.99. The van der Waals surface area contributed by atoms with Crippen LogP contribution in [0.1, 0.15) is 51.8 Å². The lowest BCUT2D eigenvalue weighted by Crippen LogP contribution is -2.47. The molecule has 2 unspecified atom stereocenters. The second-order valence-corrected chi connectivity index (χ2v) is 7.43. The summed E-state index contributed by atoms with van der Waals surface area (Å²) in [6, 6.07) is 6.12. The average molecular weight is 309 g/mol. The summed E-state index contributed by atoms with van der Waals surface area (Å²) in [5.74, 6) is 0.0382. The lowest BCUT2D eigenvalue weighted by molar-refractivity contribution is -0.123. The summed E-state index contributed by atoms with van der Waals surface area (Å²) in [6.07, 6.45) is 0.996. The highest BCUT2D eigenvalue weighted by molar-refractivity contribution is 6.30. The smallest absolute Gasteiger partial charge is 0.237 e. The van der Waals surface area contributed by atoms with Crippen molar-refractivity contribution in [3.63, 3.8) is 0 Å². The van der Waals surface area contributed by atoms with Gasteiger partial charge in [0.25, 0.3) is 0 Å². The Morgan fingerprint density at radius 1 is 1.33 bits per heavy atom. The summed E-state index contributed by atoms with van der Waals surface area (Å²) in [5, 5.41) is 7.19. The fourth-order valence-corrected chi connectivity index (χ4v) is 3.24. The molecule has 1 aromatic rings. The number of hydrogen-bond donors (Lipinski definition) is 2. The van der Waals surface area contributed by atoms with Crippen LogP contribution in [0.4, 0.5) is 0 Å². The molecule has 1 aliphatic carbocycles. The first-order chi connectivity index (χ1) is 9.70. The van der Waals surface area contributed by atoms with E-state index < -0.39 is 0 Å². The van der Waals surface area contributed by atoms with E-state index in [1.165, 1.54) is 11.1 Å². The number of hydrogen-bond acceptors (Lipinski definition) is 2. The van der Waals surface area contributed by atoms with Gasteiger partial charge >= 0.3 is 0 Å². The maximum atomic E-state index is 12.1. The van der Waals surface area contributed by atoms with Crippen molar-refractivity contribution in [3.05, 3.63) is 34.3 Å². The Labute approximate surface area is 132 Å². The SMILES string of the molecule is CC(C)NC(=O)C(C)NC1c2cc(Cl)ccc2CC1(C)C. The molecule has 2 rings (SSSR count). The van der Waals surface area contributed by atoms with Gasteiger partial charge in [-0.3, -0.25) is 10.1 Å². The fourth-order valence-electron chi connectivity index (χ4n) is 3.06. The molecule has 0 saturated carbocycles. The van der Waals surface area contributed by atoms with Crippen LogP contribution in [0.5, 0.6) is 0 Å². The molecule has 1 aliphatic rings. The average Bonchev–Trinajstić information content (AvgIpc) is 2.60. The summed E-state index contributed by atoms with van der Waals surface area (Å²) in [5.41, 5.74) is 2.61. The van der Waals surface area contributed by atoms with Gasteiger partial charge in [0.05, 0.1) is 6.04 Å². The monoisotopic (exact) mass is 308 g/mol. The van der Waals surface area contributed by atoms with Crippen molar-refractivity contribution in [2.24, 2.45) is 5.41 Å². The molecule has 1 amide bonds. The van der Waals surface area contributed by atoms with Crippen LogP contribution in [-0.2, 0) is 11.2 Å². The van der Waals surface area contributed by atoms with E-state index in [1.807, 2.05) is 32.9 Å². The minimum absolute atomic E-state index is 0.0382. The summed E-state index contributed by atoms with van der Waals surface area (Å²) in [6.45, 7) is 10.3. The van der Waals surface area contributed by atoms with Crippen LogP contribution in [0.15, 0.2) is 18.2 Å². The van der Waals surface area contributed by atoms with Crippen molar-refractivity contribution in [1.82, 2.24) is 10.6 Å². The molecule has 0 bridgehead atoms. The molecule has 4 heteroatoms. The van der Waals surface area contributed by atoms with Gasteiger partial charge in [-0.1, -0.05) is 31.5 Å². The number of carbonyl (C=O) groups is 1. The molecular formula is C17H25ClN2O. The molecule has 0 heterocycles. The van der Waals surface area contributed by atoms with Gasteiger partial charge in [0.15, 0.2) is 0 Å². The van der Waals surface area contributed by atoms with Gasteiger partial charge in [-0.25, -0.2) is 0 Å². The second kappa shape index (κ2) is 5.98.